The molecule has 2 heterocycles. The van der Waals surface area contributed by atoms with Crippen molar-refractivity contribution in [3.8, 4) is 17.1 Å². The van der Waals surface area contributed by atoms with Gasteiger partial charge in [-0.15, -0.1) is 0 Å². The molecule has 2 aromatic heterocycles. The standard InChI is InChI=1S/C19H20N4O5/c1-26-14-6-4-13(5-7-14)19-22-18(28-23-19)9-8-16(24)21-12-17(25)20-11-15-3-2-10-27-15/h2-7,10H,8-9,11-12H2,1H3,(H,20,25)(H,21,24). The molecule has 0 aliphatic carbocycles. The molecule has 0 aliphatic heterocycles. The Balaban J connectivity index is 1.39. The van der Waals surface area contributed by atoms with Crippen LogP contribution >= 0.6 is 0 Å². The lowest BCUT2D eigenvalue weighted by Crippen LogP contribution is -2.36. The third kappa shape index (κ3) is 5.44. The fourth-order valence-corrected chi connectivity index (χ4v) is 2.36. The average molecular weight is 384 g/mol. The summed E-state index contributed by atoms with van der Waals surface area (Å²) in [6, 6.07) is 10.7. The molecule has 9 nitrogen and oxygen atoms in total. The van der Waals surface area contributed by atoms with Gasteiger partial charge in [0.1, 0.15) is 11.5 Å². The highest BCUT2D eigenvalue weighted by atomic mass is 16.5. The Labute approximate surface area is 161 Å². The second kappa shape index (κ2) is 9.36. The zero-order chi connectivity index (χ0) is 19.8. The lowest BCUT2D eigenvalue weighted by Gasteiger charge is -2.05. The van der Waals surface area contributed by atoms with Crippen molar-refractivity contribution in [3.05, 3.63) is 54.3 Å². The number of nitrogens with one attached hydrogen (secondary N) is 2. The van der Waals surface area contributed by atoms with Crippen LogP contribution < -0.4 is 15.4 Å². The number of methoxy groups -OCH3 is 1. The minimum absolute atomic E-state index is 0.111. The molecule has 1 aromatic carbocycles. The van der Waals surface area contributed by atoms with Crippen LogP contribution in [0.15, 0.2) is 51.6 Å². The number of carbonyl (C=O) groups excluding carboxylic acids is 2. The fraction of sp³-hybridized carbons (Fsp3) is 0.263. The van der Waals surface area contributed by atoms with Crippen molar-refractivity contribution in [2.24, 2.45) is 0 Å². The van der Waals surface area contributed by atoms with Crippen LogP contribution in [-0.4, -0.2) is 35.6 Å². The summed E-state index contributed by atoms with van der Waals surface area (Å²) in [4.78, 5) is 27.9. The van der Waals surface area contributed by atoms with E-state index in [1.807, 2.05) is 12.1 Å². The number of nitrogens with zero attached hydrogens (tertiary/aromatic N) is 2. The molecule has 0 unspecified atom stereocenters. The van der Waals surface area contributed by atoms with Crippen LogP contribution in [0.25, 0.3) is 11.4 Å². The Morgan fingerprint density at radius 3 is 2.64 bits per heavy atom. The Morgan fingerprint density at radius 1 is 1.11 bits per heavy atom. The van der Waals surface area contributed by atoms with Crippen LogP contribution in [0.1, 0.15) is 18.1 Å². The van der Waals surface area contributed by atoms with E-state index in [0.29, 0.717) is 17.5 Å². The normalized spacial score (nSPS) is 10.5. The van der Waals surface area contributed by atoms with Crippen LogP contribution in [0.5, 0.6) is 5.75 Å². The molecule has 0 radical (unpaired) electrons. The predicted octanol–water partition coefficient (Wildman–Crippen LogP) is 1.70. The SMILES string of the molecule is COc1ccc(-c2noc(CCC(=O)NCC(=O)NCc3ccco3)n2)cc1. The Morgan fingerprint density at radius 2 is 1.93 bits per heavy atom. The highest BCUT2D eigenvalue weighted by Crippen LogP contribution is 2.19. The van der Waals surface area contributed by atoms with Gasteiger partial charge in [-0.05, 0) is 36.4 Å². The van der Waals surface area contributed by atoms with E-state index in [0.717, 1.165) is 11.3 Å². The van der Waals surface area contributed by atoms with E-state index < -0.39 is 0 Å². The van der Waals surface area contributed by atoms with E-state index in [1.54, 1.807) is 31.4 Å². The molecule has 0 saturated carbocycles. The summed E-state index contributed by atoms with van der Waals surface area (Å²) in [5.74, 6) is 1.58. The van der Waals surface area contributed by atoms with Crippen molar-refractivity contribution < 1.29 is 23.3 Å². The van der Waals surface area contributed by atoms with Gasteiger partial charge in [-0.1, -0.05) is 5.16 Å². The van der Waals surface area contributed by atoms with Gasteiger partial charge in [0.25, 0.3) is 0 Å². The summed E-state index contributed by atoms with van der Waals surface area (Å²) in [6.07, 6.45) is 1.94. The van der Waals surface area contributed by atoms with Crippen LogP contribution in [-0.2, 0) is 22.6 Å². The topological polar surface area (TPSA) is 119 Å². The molecule has 9 heteroatoms. The number of amides is 2. The third-order valence-electron chi connectivity index (χ3n) is 3.87. The van der Waals surface area contributed by atoms with Gasteiger partial charge in [0, 0.05) is 18.4 Å². The number of rotatable bonds is 9. The minimum atomic E-state index is -0.302. The number of ether oxygens (including phenoxy) is 1. The maximum Gasteiger partial charge on any atom is 0.239 e. The molecule has 0 atom stereocenters. The van der Waals surface area contributed by atoms with Crippen LogP contribution in [0.2, 0.25) is 0 Å². The van der Waals surface area contributed by atoms with Crippen LogP contribution in [0.4, 0.5) is 0 Å². The van der Waals surface area contributed by atoms with Gasteiger partial charge in [0.2, 0.25) is 23.5 Å². The lowest BCUT2D eigenvalue weighted by molar-refractivity contribution is -0.126. The van der Waals surface area contributed by atoms with Crippen LogP contribution in [0, 0.1) is 0 Å². The Hall–Kier alpha value is -3.62. The molecule has 0 saturated heterocycles. The van der Waals surface area contributed by atoms with Crippen molar-refractivity contribution in [1.82, 2.24) is 20.8 Å². The molecular formula is C19H20N4O5. The number of hydrogen-bond donors (Lipinski definition) is 2. The maximum atomic E-state index is 11.9. The van der Waals surface area contributed by atoms with E-state index in [2.05, 4.69) is 20.8 Å². The Bertz CT molecular complexity index is 903. The molecule has 146 valence electrons. The van der Waals surface area contributed by atoms with E-state index in [9.17, 15) is 9.59 Å². The zero-order valence-electron chi connectivity index (χ0n) is 15.3. The number of carbonyl (C=O) groups is 2. The molecule has 2 N–H and O–H groups in total. The largest absolute Gasteiger partial charge is 0.497 e. The van der Waals surface area contributed by atoms with Crippen molar-refractivity contribution in [2.45, 2.75) is 19.4 Å². The van der Waals surface area contributed by atoms with Gasteiger partial charge < -0.3 is 24.3 Å². The molecule has 0 fully saturated rings. The lowest BCUT2D eigenvalue weighted by atomic mass is 10.2. The third-order valence-corrected chi connectivity index (χ3v) is 3.87. The maximum absolute atomic E-state index is 11.9. The molecule has 0 spiro atoms. The molecule has 0 bridgehead atoms. The first-order valence-corrected chi connectivity index (χ1v) is 8.67. The first kappa shape index (κ1) is 19.2. The number of furan rings is 1. The molecule has 28 heavy (non-hydrogen) atoms. The van der Waals surface area contributed by atoms with Crippen molar-refractivity contribution >= 4 is 11.8 Å². The first-order valence-electron chi connectivity index (χ1n) is 8.67. The van der Waals surface area contributed by atoms with E-state index in [1.165, 1.54) is 6.26 Å². The summed E-state index contributed by atoms with van der Waals surface area (Å²) in [6.45, 7) is 0.165. The van der Waals surface area contributed by atoms with Gasteiger partial charge >= 0.3 is 0 Å². The first-order chi connectivity index (χ1) is 13.6. The number of aromatic nitrogens is 2. The minimum Gasteiger partial charge on any atom is -0.497 e. The number of aryl methyl sites for hydroxylation is 1. The summed E-state index contributed by atoms with van der Waals surface area (Å²) >= 11 is 0. The number of benzene rings is 1. The summed E-state index contributed by atoms with van der Waals surface area (Å²) in [5.41, 5.74) is 0.786. The van der Waals surface area contributed by atoms with E-state index in [4.69, 9.17) is 13.7 Å². The van der Waals surface area contributed by atoms with Crippen molar-refractivity contribution in [1.29, 1.82) is 0 Å². The summed E-state index contributed by atoms with van der Waals surface area (Å²) in [5, 5.41) is 9.11. The van der Waals surface area contributed by atoms with Gasteiger partial charge in [-0.25, -0.2) is 0 Å². The molecule has 3 rings (SSSR count). The molecular weight excluding hydrogens is 364 g/mol. The molecule has 3 aromatic rings. The van der Waals surface area contributed by atoms with E-state index in [-0.39, 0.29) is 37.7 Å². The number of hydrogen-bond acceptors (Lipinski definition) is 7. The highest BCUT2D eigenvalue weighted by molar-refractivity contribution is 5.84. The van der Waals surface area contributed by atoms with Crippen LogP contribution in [0.3, 0.4) is 0 Å². The summed E-state index contributed by atoms with van der Waals surface area (Å²) in [7, 11) is 1.59. The smallest absolute Gasteiger partial charge is 0.239 e. The summed E-state index contributed by atoms with van der Waals surface area (Å²) < 4.78 is 15.4. The molecule has 0 aliphatic rings. The van der Waals surface area contributed by atoms with Crippen molar-refractivity contribution in [2.75, 3.05) is 13.7 Å². The quantitative estimate of drug-likeness (QED) is 0.576. The van der Waals surface area contributed by atoms with Gasteiger partial charge in [0.15, 0.2) is 0 Å². The van der Waals surface area contributed by atoms with Gasteiger partial charge in [0.05, 0.1) is 26.5 Å². The second-order valence-corrected chi connectivity index (χ2v) is 5.87. The Kier molecular flexibility index (Phi) is 6.40. The van der Waals surface area contributed by atoms with Gasteiger partial charge in [-0.2, -0.15) is 4.98 Å². The second-order valence-electron chi connectivity index (χ2n) is 5.87. The zero-order valence-corrected chi connectivity index (χ0v) is 15.3. The van der Waals surface area contributed by atoms with E-state index >= 15 is 0 Å². The van der Waals surface area contributed by atoms with Gasteiger partial charge in [-0.3, -0.25) is 9.59 Å². The monoisotopic (exact) mass is 384 g/mol. The average Bonchev–Trinajstić information content (AvgIpc) is 3.41. The highest BCUT2D eigenvalue weighted by Gasteiger charge is 2.12. The van der Waals surface area contributed by atoms with Crippen molar-refractivity contribution in [3.63, 3.8) is 0 Å². The predicted molar refractivity (Wildman–Crippen MR) is 98.2 cm³/mol. The fourth-order valence-electron chi connectivity index (χ4n) is 2.36. The molecule has 2 amide bonds.